The fourth-order valence-corrected chi connectivity index (χ4v) is 1.21. The molecular weight excluding hydrogens is 184 g/mol. The molecule has 70 valence electrons. The maximum Gasteiger partial charge on any atom is 0.236 e. The van der Waals surface area contributed by atoms with E-state index in [-0.39, 0.29) is 0 Å². The van der Waals surface area contributed by atoms with Gasteiger partial charge in [-0.25, -0.2) is 5.32 Å². The zero-order chi connectivity index (χ0) is 9.84. The van der Waals surface area contributed by atoms with E-state index < -0.39 is 0 Å². The van der Waals surface area contributed by atoms with Crippen molar-refractivity contribution in [1.29, 1.82) is 0 Å². The van der Waals surface area contributed by atoms with Crippen molar-refractivity contribution in [3.63, 3.8) is 0 Å². The van der Waals surface area contributed by atoms with Crippen LogP contribution in [0.5, 0.6) is 0 Å². The Balaban J connectivity index is 2.84. The van der Waals surface area contributed by atoms with Crippen molar-refractivity contribution in [2.75, 3.05) is 19.4 Å². The summed E-state index contributed by atoms with van der Waals surface area (Å²) >= 11 is 5.83. The van der Waals surface area contributed by atoms with Gasteiger partial charge >= 0.3 is 0 Å². The quantitative estimate of drug-likeness (QED) is 0.437. The lowest BCUT2D eigenvalue weighted by atomic mass is 10.2. The molecule has 1 rings (SSSR count). The summed E-state index contributed by atoms with van der Waals surface area (Å²) in [5, 5.41) is 3.95. The van der Waals surface area contributed by atoms with E-state index in [1.165, 1.54) is 0 Å². The highest BCUT2D eigenvalue weighted by Gasteiger charge is 2.00. The van der Waals surface area contributed by atoms with Crippen molar-refractivity contribution in [1.82, 2.24) is 0 Å². The van der Waals surface area contributed by atoms with Gasteiger partial charge in [-0.15, -0.1) is 0 Å². The predicted molar refractivity (Wildman–Crippen MR) is 58.0 cm³/mol. The minimum atomic E-state index is 0.771. The summed E-state index contributed by atoms with van der Waals surface area (Å²) in [4.78, 5) is 0. The maximum absolute atomic E-state index is 5.83. The topological polar surface area (TPSA) is 15.0 Å². The molecule has 0 aliphatic heterocycles. The summed E-state index contributed by atoms with van der Waals surface area (Å²) in [5.74, 6) is 0. The van der Waals surface area contributed by atoms with Crippen molar-refractivity contribution in [3.8, 4) is 0 Å². The van der Waals surface area contributed by atoms with Gasteiger partial charge in [-0.05, 0) is 30.7 Å². The lowest BCUT2D eigenvalue weighted by Gasteiger charge is -2.00. The van der Waals surface area contributed by atoms with Gasteiger partial charge in [0.1, 0.15) is 5.69 Å². The number of benzene rings is 1. The number of rotatable bonds is 2. The van der Waals surface area contributed by atoms with E-state index in [2.05, 4.69) is 5.32 Å². The first-order valence-electron chi connectivity index (χ1n) is 4.12. The number of hydrogen-bond acceptors (Lipinski definition) is 0. The molecule has 0 heterocycles. The van der Waals surface area contributed by atoms with Gasteiger partial charge in [0.2, 0.25) is 6.34 Å². The standard InChI is InChI=1S/C10H13ClN2/c1-8-6-9(11)4-5-10(8)12-7-13(2)3/h4-7H,1-3H3/p+1. The molecule has 0 radical (unpaired) electrons. The minimum Gasteiger partial charge on any atom is -0.273 e. The van der Waals surface area contributed by atoms with Gasteiger partial charge in [0, 0.05) is 5.02 Å². The van der Waals surface area contributed by atoms with E-state index in [0.717, 1.165) is 16.3 Å². The summed E-state index contributed by atoms with van der Waals surface area (Å²) < 4.78 is 1.95. The van der Waals surface area contributed by atoms with Gasteiger partial charge in [0.15, 0.2) is 0 Å². The molecular formula is C10H14ClN2+. The van der Waals surface area contributed by atoms with Crippen LogP contribution >= 0.6 is 11.6 Å². The third-order valence-electron chi connectivity index (χ3n) is 1.67. The van der Waals surface area contributed by atoms with Crippen molar-refractivity contribution in [2.45, 2.75) is 6.92 Å². The molecule has 2 nitrogen and oxygen atoms in total. The molecule has 0 atom stereocenters. The van der Waals surface area contributed by atoms with Crippen LogP contribution < -0.4 is 5.32 Å². The molecule has 0 aromatic heterocycles. The average Bonchev–Trinajstić information content (AvgIpc) is 2.02. The molecule has 0 aliphatic carbocycles. The number of nitrogens with zero attached hydrogens (tertiary/aromatic N) is 1. The van der Waals surface area contributed by atoms with Crippen LogP contribution in [-0.4, -0.2) is 25.0 Å². The van der Waals surface area contributed by atoms with Crippen LogP contribution in [-0.2, 0) is 0 Å². The molecule has 0 amide bonds. The molecule has 3 heteroatoms. The van der Waals surface area contributed by atoms with E-state index in [9.17, 15) is 0 Å². The Morgan fingerprint density at radius 1 is 1.38 bits per heavy atom. The summed E-state index contributed by atoms with van der Waals surface area (Å²) in [6.07, 6.45) is 1.90. The van der Waals surface area contributed by atoms with Crippen LogP contribution in [0, 0.1) is 6.92 Å². The summed E-state index contributed by atoms with van der Waals surface area (Å²) in [5.41, 5.74) is 2.23. The number of aryl methyl sites for hydroxylation is 1. The second-order valence-corrected chi connectivity index (χ2v) is 3.63. The van der Waals surface area contributed by atoms with Crippen molar-refractivity contribution in [2.24, 2.45) is 0 Å². The van der Waals surface area contributed by atoms with E-state index in [4.69, 9.17) is 11.6 Å². The normalized spacial score (nSPS) is 9.54. The minimum absolute atomic E-state index is 0.771. The van der Waals surface area contributed by atoms with E-state index in [1.807, 2.05) is 50.1 Å². The van der Waals surface area contributed by atoms with E-state index >= 15 is 0 Å². The second-order valence-electron chi connectivity index (χ2n) is 3.20. The van der Waals surface area contributed by atoms with Gasteiger partial charge in [0.25, 0.3) is 0 Å². The van der Waals surface area contributed by atoms with Crippen molar-refractivity contribution in [3.05, 3.63) is 28.8 Å². The number of anilines is 1. The number of nitrogens with one attached hydrogen (secondary N) is 1. The smallest absolute Gasteiger partial charge is 0.236 e. The number of halogens is 1. The molecule has 0 saturated heterocycles. The van der Waals surface area contributed by atoms with Crippen LogP contribution in [0.1, 0.15) is 5.56 Å². The third-order valence-corrected chi connectivity index (χ3v) is 1.90. The monoisotopic (exact) mass is 197 g/mol. The fraction of sp³-hybridized carbons (Fsp3) is 0.300. The predicted octanol–water partition coefficient (Wildman–Crippen LogP) is 2.36. The van der Waals surface area contributed by atoms with Gasteiger partial charge < -0.3 is 0 Å². The molecule has 1 aromatic carbocycles. The van der Waals surface area contributed by atoms with Crippen LogP contribution in [0.15, 0.2) is 18.2 Å². The Hall–Kier alpha value is -1.02. The molecule has 0 unspecified atom stereocenters. The highest BCUT2D eigenvalue weighted by molar-refractivity contribution is 6.30. The van der Waals surface area contributed by atoms with E-state index in [0.29, 0.717) is 0 Å². The van der Waals surface area contributed by atoms with Crippen molar-refractivity contribution < 1.29 is 4.58 Å². The van der Waals surface area contributed by atoms with Crippen LogP contribution in [0.25, 0.3) is 0 Å². The summed E-state index contributed by atoms with van der Waals surface area (Å²) in [6.45, 7) is 2.03. The van der Waals surface area contributed by atoms with Crippen LogP contribution in [0.2, 0.25) is 5.02 Å². The zero-order valence-electron chi connectivity index (χ0n) is 8.13. The molecule has 0 spiro atoms. The van der Waals surface area contributed by atoms with Crippen LogP contribution in [0.4, 0.5) is 5.69 Å². The summed E-state index contributed by atoms with van der Waals surface area (Å²) in [7, 11) is 3.94. The Labute approximate surface area is 83.8 Å². The molecule has 0 bridgehead atoms. The molecule has 0 fully saturated rings. The SMILES string of the molecule is Cc1cc(Cl)ccc1NC=[N+](C)C. The van der Waals surface area contributed by atoms with Crippen molar-refractivity contribution >= 4 is 23.6 Å². The Kier molecular flexibility index (Phi) is 3.32. The highest BCUT2D eigenvalue weighted by atomic mass is 35.5. The van der Waals surface area contributed by atoms with Gasteiger partial charge in [0.05, 0.1) is 14.1 Å². The third kappa shape index (κ3) is 3.07. The van der Waals surface area contributed by atoms with Gasteiger partial charge in [-0.1, -0.05) is 11.6 Å². The first kappa shape index (κ1) is 10.1. The van der Waals surface area contributed by atoms with Crippen LogP contribution in [0.3, 0.4) is 0 Å². The van der Waals surface area contributed by atoms with Gasteiger partial charge in [-0.3, -0.25) is 4.58 Å². The number of hydrogen-bond donors (Lipinski definition) is 1. The highest BCUT2D eigenvalue weighted by Crippen LogP contribution is 2.18. The largest absolute Gasteiger partial charge is 0.273 e. The molecule has 0 saturated carbocycles. The first-order chi connectivity index (χ1) is 6.09. The average molecular weight is 198 g/mol. The van der Waals surface area contributed by atoms with Gasteiger partial charge in [-0.2, -0.15) is 0 Å². The fourth-order valence-electron chi connectivity index (χ4n) is 0.988. The maximum atomic E-state index is 5.83. The molecule has 1 N–H and O–H groups in total. The molecule has 13 heavy (non-hydrogen) atoms. The Bertz CT molecular complexity index is 328. The lowest BCUT2D eigenvalue weighted by Crippen LogP contribution is -2.07. The molecule has 0 aliphatic rings. The second kappa shape index (κ2) is 4.28. The van der Waals surface area contributed by atoms with E-state index in [1.54, 1.807) is 0 Å². The molecule has 1 aromatic rings. The summed E-state index contributed by atoms with van der Waals surface area (Å²) in [6, 6.07) is 5.78. The Morgan fingerprint density at radius 3 is 2.62 bits per heavy atom. The first-order valence-corrected chi connectivity index (χ1v) is 4.50. The zero-order valence-corrected chi connectivity index (χ0v) is 8.89. The Morgan fingerprint density at radius 2 is 2.08 bits per heavy atom. The lowest BCUT2D eigenvalue weighted by molar-refractivity contribution is -0.459.